The Morgan fingerprint density at radius 3 is 2.54 bits per heavy atom. The van der Waals surface area contributed by atoms with Gasteiger partial charge in [0.15, 0.2) is 0 Å². The normalized spacial score (nSPS) is 11.0. The summed E-state index contributed by atoms with van der Waals surface area (Å²) in [6, 6.07) is 3.08. The van der Waals surface area contributed by atoms with E-state index in [-0.39, 0.29) is 17.0 Å². The first-order valence-electron chi connectivity index (χ1n) is 6.57. The number of aromatic amines is 2. The minimum Gasteiger partial charge on any atom is -0.311 e. The van der Waals surface area contributed by atoms with Crippen molar-refractivity contribution in [2.24, 2.45) is 5.10 Å². The van der Waals surface area contributed by atoms with Crippen LogP contribution in [0.15, 0.2) is 26.8 Å². The van der Waals surface area contributed by atoms with E-state index in [9.17, 15) is 14.4 Å². The topological polar surface area (TPSA) is 107 Å². The highest BCUT2D eigenvalue weighted by atomic mass is 35.5. The lowest BCUT2D eigenvalue weighted by Crippen LogP contribution is -2.30. The van der Waals surface area contributed by atoms with E-state index >= 15 is 0 Å². The molecule has 0 aliphatic heterocycles. The van der Waals surface area contributed by atoms with Gasteiger partial charge in [-0.05, 0) is 19.1 Å². The molecular formula is C14H11Cl3N4O3. The van der Waals surface area contributed by atoms with E-state index in [1.165, 1.54) is 19.2 Å². The Hall–Kier alpha value is -2.09. The van der Waals surface area contributed by atoms with Gasteiger partial charge >= 0.3 is 5.69 Å². The third-order valence-corrected chi connectivity index (χ3v) is 4.20. The molecule has 0 fully saturated rings. The van der Waals surface area contributed by atoms with Crippen molar-refractivity contribution in [2.75, 3.05) is 0 Å². The highest BCUT2D eigenvalue weighted by molar-refractivity contribution is 6.45. The molecule has 0 spiro atoms. The SMILES string of the molecule is Cc1[nH]c(=O)[nH]c(=O)c1CC(=O)N/N=C\c1c(Cl)ccc(Cl)c1Cl. The van der Waals surface area contributed by atoms with Gasteiger partial charge in [-0.1, -0.05) is 34.8 Å². The average molecular weight is 390 g/mol. The van der Waals surface area contributed by atoms with E-state index < -0.39 is 17.2 Å². The van der Waals surface area contributed by atoms with E-state index in [0.717, 1.165) is 0 Å². The molecule has 2 aromatic rings. The van der Waals surface area contributed by atoms with Crippen molar-refractivity contribution < 1.29 is 4.79 Å². The summed E-state index contributed by atoms with van der Waals surface area (Å²) in [6.45, 7) is 1.52. The molecule has 126 valence electrons. The number of nitrogens with one attached hydrogen (secondary N) is 3. The number of aryl methyl sites for hydroxylation is 1. The number of rotatable bonds is 4. The number of aromatic nitrogens is 2. The first kappa shape index (κ1) is 18.3. The van der Waals surface area contributed by atoms with Crippen molar-refractivity contribution in [3.05, 3.63) is 64.9 Å². The van der Waals surface area contributed by atoms with Crippen LogP contribution in [0.5, 0.6) is 0 Å². The van der Waals surface area contributed by atoms with Gasteiger partial charge in [0.1, 0.15) is 0 Å². The van der Waals surface area contributed by atoms with Gasteiger partial charge in [0.05, 0.1) is 27.7 Å². The van der Waals surface area contributed by atoms with Crippen molar-refractivity contribution >= 4 is 46.9 Å². The number of hydrogen-bond acceptors (Lipinski definition) is 4. The molecule has 0 atom stereocenters. The maximum Gasteiger partial charge on any atom is 0.325 e. The number of nitrogens with zero attached hydrogens (tertiary/aromatic N) is 1. The molecule has 1 heterocycles. The highest BCUT2D eigenvalue weighted by Crippen LogP contribution is 2.29. The van der Waals surface area contributed by atoms with E-state index in [2.05, 4.69) is 20.5 Å². The van der Waals surface area contributed by atoms with Gasteiger partial charge in [-0.2, -0.15) is 5.10 Å². The maximum atomic E-state index is 11.9. The second kappa shape index (κ2) is 7.65. The molecule has 10 heteroatoms. The van der Waals surface area contributed by atoms with Gasteiger partial charge in [0.2, 0.25) is 5.91 Å². The second-order valence-electron chi connectivity index (χ2n) is 4.74. The maximum absolute atomic E-state index is 11.9. The average Bonchev–Trinajstić information content (AvgIpc) is 2.50. The van der Waals surface area contributed by atoms with Crippen LogP contribution in [0.2, 0.25) is 15.1 Å². The van der Waals surface area contributed by atoms with E-state index in [1.54, 1.807) is 6.07 Å². The summed E-state index contributed by atoms with van der Waals surface area (Å²) in [7, 11) is 0. The Morgan fingerprint density at radius 1 is 1.21 bits per heavy atom. The summed E-state index contributed by atoms with van der Waals surface area (Å²) in [5.74, 6) is -0.554. The first-order valence-corrected chi connectivity index (χ1v) is 7.70. The van der Waals surface area contributed by atoms with Crippen LogP contribution in [0.3, 0.4) is 0 Å². The number of carbonyl (C=O) groups is 1. The van der Waals surface area contributed by atoms with Crippen molar-refractivity contribution in [1.82, 2.24) is 15.4 Å². The van der Waals surface area contributed by atoms with Crippen LogP contribution in [-0.2, 0) is 11.2 Å². The number of hydrogen-bond donors (Lipinski definition) is 3. The largest absolute Gasteiger partial charge is 0.325 e. The summed E-state index contributed by atoms with van der Waals surface area (Å²) in [5.41, 5.74) is 1.79. The number of halogens is 3. The lowest BCUT2D eigenvalue weighted by molar-refractivity contribution is -0.120. The summed E-state index contributed by atoms with van der Waals surface area (Å²) in [6.07, 6.45) is 0.991. The number of benzene rings is 1. The molecule has 0 radical (unpaired) electrons. The zero-order valence-corrected chi connectivity index (χ0v) is 14.5. The van der Waals surface area contributed by atoms with E-state index in [4.69, 9.17) is 34.8 Å². The molecule has 0 aliphatic rings. The molecule has 7 nitrogen and oxygen atoms in total. The zero-order chi connectivity index (χ0) is 17.9. The van der Waals surface area contributed by atoms with Crippen LogP contribution in [-0.4, -0.2) is 22.1 Å². The molecule has 0 aliphatic carbocycles. The van der Waals surface area contributed by atoms with Crippen LogP contribution < -0.4 is 16.7 Å². The van der Waals surface area contributed by atoms with Crippen LogP contribution in [0.1, 0.15) is 16.8 Å². The lowest BCUT2D eigenvalue weighted by Gasteiger charge is -2.04. The first-order chi connectivity index (χ1) is 11.3. The Kier molecular flexibility index (Phi) is 5.82. The molecule has 2 rings (SSSR count). The summed E-state index contributed by atoms with van der Waals surface area (Å²) in [4.78, 5) is 39.1. The van der Waals surface area contributed by atoms with Gasteiger partial charge in [-0.25, -0.2) is 10.2 Å². The molecule has 0 unspecified atom stereocenters. The summed E-state index contributed by atoms with van der Waals surface area (Å²) >= 11 is 17.9. The van der Waals surface area contributed by atoms with Crippen LogP contribution >= 0.6 is 34.8 Å². The van der Waals surface area contributed by atoms with E-state index in [1.807, 2.05) is 0 Å². The van der Waals surface area contributed by atoms with E-state index in [0.29, 0.717) is 21.3 Å². The molecule has 24 heavy (non-hydrogen) atoms. The number of hydrazone groups is 1. The Bertz CT molecular complexity index is 934. The third-order valence-electron chi connectivity index (χ3n) is 3.05. The minimum atomic E-state index is -0.634. The van der Waals surface area contributed by atoms with Crippen molar-refractivity contribution in [3.63, 3.8) is 0 Å². The fourth-order valence-electron chi connectivity index (χ4n) is 1.87. The highest BCUT2D eigenvalue weighted by Gasteiger charge is 2.11. The smallest absolute Gasteiger partial charge is 0.311 e. The van der Waals surface area contributed by atoms with Crippen molar-refractivity contribution in [1.29, 1.82) is 0 Å². The van der Waals surface area contributed by atoms with Gasteiger partial charge in [0, 0.05) is 16.8 Å². The third kappa shape index (κ3) is 4.25. The fourth-order valence-corrected chi connectivity index (χ4v) is 2.50. The second-order valence-corrected chi connectivity index (χ2v) is 5.93. The quantitative estimate of drug-likeness (QED) is 0.423. The van der Waals surface area contributed by atoms with Gasteiger partial charge < -0.3 is 4.98 Å². The minimum absolute atomic E-state index is 0.140. The van der Waals surface area contributed by atoms with Crippen molar-refractivity contribution in [2.45, 2.75) is 13.3 Å². The Labute approximate surface area is 150 Å². The predicted molar refractivity (Wildman–Crippen MR) is 93.3 cm³/mol. The van der Waals surface area contributed by atoms with Crippen molar-refractivity contribution in [3.8, 4) is 0 Å². The monoisotopic (exact) mass is 388 g/mol. The summed E-state index contributed by atoms with van der Waals surface area (Å²) < 4.78 is 0. The lowest BCUT2D eigenvalue weighted by atomic mass is 10.1. The molecule has 0 saturated heterocycles. The standard InChI is InChI=1S/C14H11Cl3N4O3/c1-6-7(13(23)20-14(24)19-6)4-11(22)21-18-5-8-9(15)2-3-10(16)12(8)17/h2-3,5H,4H2,1H3,(H,21,22)(H2,19,20,23,24)/b18-5-. The van der Waals surface area contributed by atoms with Gasteiger partial charge in [0.25, 0.3) is 5.56 Å². The Balaban J connectivity index is 2.11. The number of amides is 1. The molecule has 1 amide bonds. The Morgan fingerprint density at radius 2 is 1.88 bits per heavy atom. The predicted octanol–water partition coefficient (Wildman–Crippen LogP) is 2.02. The van der Waals surface area contributed by atoms with Gasteiger partial charge in [-0.3, -0.25) is 14.6 Å². The van der Waals surface area contributed by atoms with Crippen LogP contribution in [0, 0.1) is 6.92 Å². The molecule has 1 aromatic heterocycles. The molecule has 3 N–H and O–H groups in total. The molecule has 0 saturated carbocycles. The van der Waals surface area contributed by atoms with Gasteiger partial charge in [-0.15, -0.1) is 0 Å². The molecular weight excluding hydrogens is 379 g/mol. The molecule has 1 aromatic carbocycles. The summed E-state index contributed by atoms with van der Waals surface area (Å²) in [5, 5.41) is 4.56. The van der Waals surface area contributed by atoms with Crippen LogP contribution in [0.4, 0.5) is 0 Å². The van der Waals surface area contributed by atoms with Crippen LogP contribution in [0.25, 0.3) is 0 Å². The zero-order valence-electron chi connectivity index (χ0n) is 12.2. The fraction of sp³-hybridized carbons (Fsp3) is 0.143. The number of H-pyrrole nitrogens is 2. The number of carbonyl (C=O) groups excluding carboxylic acids is 1. The molecule has 0 bridgehead atoms.